The van der Waals surface area contributed by atoms with Crippen LogP contribution >= 0.6 is 0 Å². The molecule has 0 aromatic carbocycles. The molecule has 1 saturated carbocycles. The minimum absolute atomic E-state index is 0.119. The quantitative estimate of drug-likeness (QED) is 0.763. The van der Waals surface area contributed by atoms with Gasteiger partial charge in [0.15, 0.2) is 0 Å². The minimum atomic E-state index is -0.119. The summed E-state index contributed by atoms with van der Waals surface area (Å²) in [4.78, 5) is 2.50. The minimum Gasteiger partial charge on any atom is -0.392 e. The number of likely N-dealkylation sites (tertiary alicyclic amines) is 1. The summed E-state index contributed by atoms with van der Waals surface area (Å²) in [5.74, 6) is 0.790. The van der Waals surface area contributed by atoms with Crippen LogP contribution in [0.25, 0.3) is 0 Å². The molecule has 2 unspecified atom stereocenters. The van der Waals surface area contributed by atoms with Crippen molar-refractivity contribution in [1.82, 2.24) is 4.90 Å². The molecule has 1 aliphatic carbocycles. The van der Waals surface area contributed by atoms with Crippen LogP contribution in [0.4, 0.5) is 0 Å². The normalized spacial score (nSPS) is 28.7. The Balaban J connectivity index is 1.74. The van der Waals surface area contributed by atoms with E-state index in [0.717, 1.165) is 38.4 Å². The van der Waals surface area contributed by atoms with Gasteiger partial charge >= 0.3 is 0 Å². The van der Waals surface area contributed by atoms with E-state index in [9.17, 15) is 5.11 Å². The Hall–Kier alpha value is -0.120. The Morgan fingerprint density at radius 3 is 2.56 bits per heavy atom. The van der Waals surface area contributed by atoms with Crippen LogP contribution in [0.15, 0.2) is 0 Å². The molecule has 1 heterocycles. The van der Waals surface area contributed by atoms with Crippen molar-refractivity contribution in [3.8, 4) is 0 Å². The summed E-state index contributed by atoms with van der Waals surface area (Å²) in [6, 6.07) is 0.627. The molecule has 3 N–H and O–H groups in total. The summed E-state index contributed by atoms with van der Waals surface area (Å²) in [6.07, 6.45) is 11.3. The van der Waals surface area contributed by atoms with E-state index in [1.54, 1.807) is 0 Å². The summed E-state index contributed by atoms with van der Waals surface area (Å²) in [6.45, 7) is 2.81. The van der Waals surface area contributed by atoms with Crippen molar-refractivity contribution in [2.45, 2.75) is 69.9 Å². The molecule has 2 rings (SSSR count). The van der Waals surface area contributed by atoms with Gasteiger partial charge in [-0.3, -0.25) is 4.90 Å². The molecule has 0 amide bonds. The van der Waals surface area contributed by atoms with Crippen LogP contribution in [-0.2, 0) is 0 Å². The van der Waals surface area contributed by atoms with Crippen LogP contribution in [0, 0.1) is 5.92 Å². The predicted molar refractivity (Wildman–Crippen MR) is 75.5 cm³/mol. The van der Waals surface area contributed by atoms with E-state index in [1.165, 1.54) is 44.9 Å². The van der Waals surface area contributed by atoms with Crippen LogP contribution in [0.5, 0.6) is 0 Å². The maximum Gasteiger partial charge on any atom is 0.0669 e. The first-order chi connectivity index (χ1) is 8.79. The standard InChI is InChI=1S/C15H30N2O/c16-9-8-14-7-3-4-10-17(14)12-15(18)11-13-5-1-2-6-13/h13-15,18H,1-12,16H2. The third-order valence-electron chi connectivity index (χ3n) is 4.77. The first kappa shape index (κ1) is 14.3. The number of piperidine rings is 1. The monoisotopic (exact) mass is 254 g/mol. The Morgan fingerprint density at radius 1 is 1.11 bits per heavy atom. The van der Waals surface area contributed by atoms with Crippen molar-refractivity contribution in [3.05, 3.63) is 0 Å². The molecule has 0 aromatic rings. The highest BCUT2D eigenvalue weighted by Crippen LogP contribution is 2.29. The summed E-state index contributed by atoms with van der Waals surface area (Å²) in [5, 5.41) is 10.3. The van der Waals surface area contributed by atoms with Gasteiger partial charge in [-0.1, -0.05) is 32.1 Å². The zero-order chi connectivity index (χ0) is 12.8. The number of nitrogens with zero attached hydrogens (tertiary/aromatic N) is 1. The van der Waals surface area contributed by atoms with Gasteiger partial charge in [0.1, 0.15) is 0 Å². The van der Waals surface area contributed by atoms with Gasteiger partial charge in [0.25, 0.3) is 0 Å². The second-order valence-electron chi connectivity index (χ2n) is 6.26. The molecule has 2 aliphatic rings. The third-order valence-corrected chi connectivity index (χ3v) is 4.77. The number of hydrogen-bond donors (Lipinski definition) is 2. The van der Waals surface area contributed by atoms with E-state index < -0.39 is 0 Å². The number of nitrogens with two attached hydrogens (primary N) is 1. The van der Waals surface area contributed by atoms with Gasteiger partial charge in [-0.25, -0.2) is 0 Å². The first-order valence-electron chi connectivity index (χ1n) is 7.91. The molecule has 0 aromatic heterocycles. The maximum absolute atomic E-state index is 10.3. The zero-order valence-corrected chi connectivity index (χ0v) is 11.7. The van der Waals surface area contributed by atoms with Crippen LogP contribution < -0.4 is 5.73 Å². The predicted octanol–water partition coefficient (Wildman–Crippen LogP) is 2.13. The lowest BCUT2D eigenvalue weighted by molar-refractivity contribution is 0.0522. The maximum atomic E-state index is 10.3. The fourth-order valence-electron chi connectivity index (χ4n) is 3.80. The van der Waals surface area contributed by atoms with E-state index in [-0.39, 0.29) is 6.10 Å². The van der Waals surface area contributed by atoms with Crippen molar-refractivity contribution in [1.29, 1.82) is 0 Å². The van der Waals surface area contributed by atoms with Crippen molar-refractivity contribution in [2.24, 2.45) is 11.7 Å². The third kappa shape index (κ3) is 4.22. The molecule has 18 heavy (non-hydrogen) atoms. The van der Waals surface area contributed by atoms with Crippen LogP contribution in [0.1, 0.15) is 57.8 Å². The van der Waals surface area contributed by atoms with Gasteiger partial charge < -0.3 is 10.8 Å². The highest BCUT2D eigenvalue weighted by molar-refractivity contribution is 4.80. The average molecular weight is 254 g/mol. The Bertz CT molecular complexity index is 227. The van der Waals surface area contributed by atoms with Crippen molar-refractivity contribution < 1.29 is 5.11 Å². The van der Waals surface area contributed by atoms with Gasteiger partial charge in [-0.05, 0) is 44.7 Å². The lowest BCUT2D eigenvalue weighted by Gasteiger charge is -2.37. The molecule has 3 nitrogen and oxygen atoms in total. The number of aliphatic hydroxyl groups is 1. The van der Waals surface area contributed by atoms with E-state index >= 15 is 0 Å². The molecule has 106 valence electrons. The summed E-state index contributed by atoms with van der Waals surface area (Å²) in [7, 11) is 0. The zero-order valence-electron chi connectivity index (χ0n) is 11.7. The van der Waals surface area contributed by atoms with Crippen LogP contribution in [-0.4, -0.2) is 41.8 Å². The van der Waals surface area contributed by atoms with E-state index in [0.29, 0.717) is 6.04 Å². The van der Waals surface area contributed by atoms with Gasteiger partial charge in [-0.15, -0.1) is 0 Å². The van der Waals surface area contributed by atoms with Crippen molar-refractivity contribution in [2.75, 3.05) is 19.6 Å². The van der Waals surface area contributed by atoms with Gasteiger partial charge in [0.2, 0.25) is 0 Å². The van der Waals surface area contributed by atoms with Crippen molar-refractivity contribution >= 4 is 0 Å². The summed E-state index contributed by atoms with van der Waals surface area (Å²) < 4.78 is 0. The van der Waals surface area contributed by atoms with E-state index in [1.807, 2.05) is 0 Å². The molecular weight excluding hydrogens is 224 g/mol. The largest absolute Gasteiger partial charge is 0.392 e. The van der Waals surface area contributed by atoms with Gasteiger partial charge in [0, 0.05) is 12.6 Å². The van der Waals surface area contributed by atoms with Crippen molar-refractivity contribution in [3.63, 3.8) is 0 Å². The first-order valence-corrected chi connectivity index (χ1v) is 7.91. The Morgan fingerprint density at radius 2 is 1.83 bits per heavy atom. The number of aliphatic hydroxyl groups excluding tert-OH is 1. The highest BCUT2D eigenvalue weighted by Gasteiger charge is 2.25. The molecular formula is C15H30N2O. The molecule has 1 aliphatic heterocycles. The Labute approximate surface area is 112 Å². The lowest BCUT2D eigenvalue weighted by Crippen LogP contribution is -2.44. The summed E-state index contributed by atoms with van der Waals surface area (Å²) in [5.41, 5.74) is 5.70. The number of β-amino-alcohol motifs (C(OH)–C–C–N with tert-alkyl or cyclic N) is 1. The smallest absolute Gasteiger partial charge is 0.0669 e. The fourth-order valence-corrected chi connectivity index (χ4v) is 3.80. The molecule has 0 bridgehead atoms. The molecule has 3 heteroatoms. The molecule has 2 atom stereocenters. The topological polar surface area (TPSA) is 49.5 Å². The molecule has 0 spiro atoms. The molecule has 0 radical (unpaired) electrons. The van der Waals surface area contributed by atoms with E-state index in [2.05, 4.69) is 4.90 Å². The second-order valence-corrected chi connectivity index (χ2v) is 6.26. The number of hydrogen-bond acceptors (Lipinski definition) is 3. The van der Waals surface area contributed by atoms with Crippen LogP contribution in [0.3, 0.4) is 0 Å². The van der Waals surface area contributed by atoms with Gasteiger partial charge in [-0.2, -0.15) is 0 Å². The number of rotatable bonds is 6. The fraction of sp³-hybridized carbons (Fsp3) is 1.00. The lowest BCUT2D eigenvalue weighted by atomic mass is 9.96. The van der Waals surface area contributed by atoms with Gasteiger partial charge in [0.05, 0.1) is 6.10 Å². The highest BCUT2D eigenvalue weighted by atomic mass is 16.3. The van der Waals surface area contributed by atoms with E-state index in [4.69, 9.17) is 5.73 Å². The molecule has 1 saturated heterocycles. The summed E-state index contributed by atoms with van der Waals surface area (Å²) >= 11 is 0. The second kappa shape index (κ2) is 7.46. The van der Waals surface area contributed by atoms with Crippen LogP contribution in [0.2, 0.25) is 0 Å². The SMILES string of the molecule is NCCC1CCCCN1CC(O)CC1CCCC1. The average Bonchev–Trinajstić information content (AvgIpc) is 2.84. The Kier molecular flexibility index (Phi) is 5.93. The molecule has 2 fully saturated rings.